The van der Waals surface area contributed by atoms with Crippen molar-refractivity contribution >= 4 is 62.8 Å². The number of nitrogens with one attached hydrogen (secondary N) is 3. The van der Waals surface area contributed by atoms with Crippen LogP contribution in [0.15, 0.2) is 41.1 Å². The van der Waals surface area contributed by atoms with E-state index in [2.05, 4.69) is 49.9 Å². The number of fused-ring (bicyclic) bond motifs is 3. The van der Waals surface area contributed by atoms with E-state index in [4.69, 9.17) is 15.0 Å². The molecule has 340 valence electrons. The van der Waals surface area contributed by atoms with Crippen LogP contribution in [0, 0.1) is 35.0 Å². The first-order valence-electron chi connectivity index (χ1n) is 23.3. The molecule has 5 fully saturated rings. The molecule has 0 bridgehead atoms. The molecule has 4 atom stereocenters. The van der Waals surface area contributed by atoms with Crippen LogP contribution in [0.3, 0.4) is 0 Å². The molecule has 16 heteroatoms. The smallest absolute Gasteiger partial charge is 0.264 e. The number of nitrogens with two attached hydrogens (primary N) is 1. The van der Waals surface area contributed by atoms with Gasteiger partial charge in [0.05, 0.1) is 28.1 Å². The highest BCUT2D eigenvalue weighted by Gasteiger charge is 2.49. The Morgan fingerprint density at radius 1 is 1.00 bits per heavy atom. The summed E-state index contributed by atoms with van der Waals surface area (Å²) in [4.78, 5) is 71.5. The highest BCUT2D eigenvalue weighted by molar-refractivity contribution is 6.25. The van der Waals surface area contributed by atoms with Crippen molar-refractivity contribution in [2.24, 2.45) is 23.2 Å². The summed E-state index contributed by atoms with van der Waals surface area (Å²) in [5.41, 5.74) is 8.91. The number of ether oxygens (including phenoxy) is 1. The van der Waals surface area contributed by atoms with Crippen LogP contribution in [0.25, 0.3) is 21.7 Å². The molecule has 4 aromatic rings. The van der Waals surface area contributed by atoms with E-state index >= 15 is 0 Å². The molecule has 6 aliphatic rings. The molecule has 2 unspecified atom stereocenters. The van der Waals surface area contributed by atoms with Gasteiger partial charge >= 0.3 is 0 Å². The summed E-state index contributed by atoms with van der Waals surface area (Å²) in [5.74, 6) is 5.44. The minimum atomic E-state index is -1.55. The molecule has 15 nitrogen and oxygen atoms in total. The molecular weight excluding hydrogens is 832 g/mol. The Kier molecular flexibility index (Phi) is 11.2. The number of anilines is 2. The van der Waals surface area contributed by atoms with Crippen molar-refractivity contribution in [3.8, 4) is 17.7 Å². The average Bonchev–Trinajstić information content (AvgIpc) is 3.89. The van der Waals surface area contributed by atoms with Gasteiger partial charge in [-0.1, -0.05) is 30.0 Å². The van der Waals surface area contributed by atoms with Gasteiger partial charge in [0, 0.05) is 59.5 Å². The molecule has 10 rings (SSSR count). The number of hydrogen-bond donors (Lipinski definition) is 4. The third kappa shape index (κ3) is 7.95. The first kappa shape index (κ1) is 42.8. The van der Waals surface area contributed by atoms with Gasteiger partial charge in [-0.3, -0.25) is 34.2 Å². The Balaban J connectivity index is 0.708. The van der Waals surface area contributed by atoms with Crippen molar-refractivity contribution in [1.82, 2.24) is 30.6 Å². The van der Waals surface area contributed by atoms with Gasteiger partial charge in [0.2, 0.25) is 17.7 Å². The second-order valence-corrected chi connectivity index (χ2v) is 19.4. The fourth-order valence-corrected chi connectivity index (χ4v) is 11.7. The zero-order valence-electron chi connectivity index (χ0n) is 36.8. The van der Waals surface area contributed by atoms with Gasteiger partial charge in [0.15, 0.2) is 17.6 Å². The van der Waals surface area contributed by atoms with Crippen molar-refractivity contribution in [1.29, 1.82) is 0 Å². The molecule has 3 saturated carbocycles. The molecule has 2 saturated heterocycles. The molecule has 3 aliphatic heterocycles. The topological polar surface area (TPSA) is 202 Å². The Hall–Kier alpha value is -6.08. The summed E-state index contributed by atoms with van der Waals surface area (Å²) >= 11 is 0. The van der Waals surface area contributed by atoms with E-state index in [0.717, 1.165) is 73.8 Å². The fraction of sp³-hybridized carbons (Fsp3) is 0.531. The molecular formula is C49H55FN8O7. The van der Waals surface area contributed by atoms with E-state index in [1.807, 2.05) is 19.1 Å². The number of nitrogens with zero attached hydrogens (tertiary/aromatic N) is 4. The van der Waals surface area contributed by atoms with E-state index in [-0.39, 0.29) is 42.6 Å². The van der Waals surface area contributed by atoms with E-state index in [1.165, 1.54) is 12.8 Å². The number of amides is 5. The number of hydrogen-bond acceptors (Lipinski definition) is 12. The summed E-state index contributed by atoms with van der Waals surface area (Å²) in [7, 11) is 2.28. The van der Waals surface area contributed by atoms with Crippen LogP contribution >= 0.6 is 0 Å². The summed E-state index contributed by atoms with van der Waals surface area (Å²) in [6, 6.07) is 8.26. The lowest BCUT2D eigenvalue weighted by Gasteiger charge is -2.53. The number of piperidine rings is 1. The van der Waals surface area contributed by atoms with Crippen molar-refractivity contribution in [2.45, 2.75) is 121 Å². The summed E-state index contributed by atoms with van der Waals surface area (Å²) < 4.78 is 26.1. The summed E-state index contributed by atoms with van der Waals surface area (Å²) in [6.45, 7) is 3.02. The largest absolute Gasteiger partial charge is 0.475 e. The van der Waals surface area contributed by atoms with E-state index in [1.54, 1.807) is 24.4 Å². The van der Waals surface area contributed by atoms with Crippen LogP contribution in [0.2, 0.25) is 0 Å². The molecule has 5 N–H and O–H groups in total. The van der Waals surface area contributed by atoms with Gasteiger partial charge in [0.1, 0.15) is 12.6 Å². The number of benzene rings is 2. The predicted molar refractivity (Wildman–Crippen MR) is 239 cm³/mol. The highest BCUT2D eigenvalue weighted by Crippen LogP contribution is 2.53. The number of nitrogen functional groups attached to an aromatic ring is 1. The number of rotatable bonds is 10. The standard InChI is InChI=1S/C49H55FN8O7/c1-3-31-37(54-45(61)42(31)50)25-64-46-34-20-39-35(43(51)56-65-39)19-33(34)28(23-52-46)12-11-26-7-9-27(10-8-26)24-57(2)30-15-17-49(18-16-30)21-29(22-49)53-36-6-4-5-32-41(36)48(63)58(47(32)62)38-13-14-40(59)55-44(38)60/h4-6,19-20,23,26-27,29-31,37-38,42,53H,3,7-10,13-18,21-22,24-25H2,1-2H3,(H2,51,56)(H,54,61)(H,55,59,60)/t26?,27?,29?,30?,31-,37?,38?,42-,49?/m0/s1. The normalized spacial score (nSPS) is 30.0. The van der Waals surface area contributed by atoms with Crippen LogP contribution in [0.5, 0.6) is 5.88 Å². The van der Waals surface area contributed by atoms with Crippen LogP contribution in [0.1, 0.15) is 117 Å². The number of halogens is 1. The van der Waals surface area contributed by atoms with Crippen molar-refractivity contribution in [3.63, 3.8) is 0 Å². The second-order valence-electron chi connectivity index (χ2n) is 19.4. The lowest BCUT2D eigenvalue weighted by molar-refractivity contribution is -0.136. The Labute approximate surface area is 376 Å². The maximum atomic E-state index is 14.5. The van der Waals surface area contributed by atoms with Gasteiger partial charge in [-0.15, -0.1) is 0 Å². The fourth-order valence-electron chi connectivity index (χ4n) is 11.7. The first-order valence-corrected chi connectivity index (χ1v) is 23.3. The molecule has 0 radical (unpaired) electrons. The third-order valence-corrected chi connectivity index (χ3v) is 15.4. The summed E-state index contributed by atoms with van der Waals surface area (Å²) in [6.07, 6.45) is 11.9. The molecule has 3 aliphatic carbocycles. The highest BCUT2D eigenvalue weighted by atomic mass is 19.1. The second kappa shape index (κ2) is 17.0. The minimum absolute atomic E-state index is 0.0811. The maximum absolute atomic E-state index is 14.5. The van der Waals surface area contributed by atoms with Gasteiger partial charge in [-0.25, -0.2) is 9.37 Å². The number of carbonyl (C=O) groups is 5. The van der Waals surface area contributed by atoms with Crippen molar-refractivity contribution in [2.75, 3.05) is 31.2 Å². The van der Waals surface area contributed by atoms with Crippen LogP contribution in [-0.2, 0) is 14.4 Å². The van der Waals surface area contributed by atoms with Crippen LogP contribution in [0.4, 0.5) is 15.9 Å². The number of aromatic nitrogens is 2. The molecule has 1 spiro atoms. The Morgan fingerprint density at radius 2 is 1.78 bits per heavy atom. The number of alkyl halides is 1. The van der Waals surface area contributed by atoms with Crippen LogP contribution < -0.4 is 26.4 Å². The minimum Gasteiger partial charge on any atom is -0.475 e. The average molecular weight is 887 g/mol. The van der Waals surface area contributed by atoms with Gasteiger partial charge < -0.3 is 30.5 Å². The lowest BCUT2D eigenvalue weighted by Crippen LogP contribution is -2.54. The molecule has 5 heterocycles. The van der Waals surface area contributed by atoms with E-state index in [9.17, 15) is 28.4 Å². The lowest BCUT2D eigenvalue weighted by atomic mass is 9.57. The van der Waals surface area contributed by atoms with Crippen molar-refractivity contribution in [3.05, 3.63) is 53.2 Å². The number of imide groups is 2. The molecule has 65 heavy (non-hydrogen) atoms. The number of carbonyl (C=O) groups excluding carboxylic acids is 5. The van der Waals surface area contributed by atoms with E-state index < -0.39 is 53.7 Å². The monoisotopic (exact) mass is 886 g/mol. The molecule has 2 aromatic heterocycles. The van der Waals surface area contributed by atoms with Crippen molar-refractivity contribution < 1.29 is 37.6 Å². The zero-order valence-corrected chi connectivity index (χ0v) is 36.8. The quantitative estimate of drug-likeness (QED) is 0.109. The summed E-state index contributed by atoms with van der Waals surface area (Å²) in [5, 5.41) is 14.7. The Morgan fingerprint density at radius 3 is 2.54 bits per heavy atom. The number of pyridine rings is 1. The Bertz CT molecular complexity index is 2650. The maximum Gasteiger partial charge on any atom is 0.264 e. The van der Waals surface area contributed by atoms with Gasteiger partial charge in [-0.05, 0) is 120 Å². The molecule has 2 aromatic carbocycles. The van der Waals surface area contributed by atoms with Gasteiger partial charge in [0.25, 0.3) is 17.7 Å². The predicted octanol–water partition coefficient (Wildman–Crippen LogP) is 5.89. The first-order chi connectivity index (χ1) is 31.4. The molecule has 5 amide bonds. The SMILES string of the molecule is CC[C@H]1C(COc2ncc(C#CC3CCC(CN(C)C4CCC5(CC4)CC(Nc4cccc6c4C(=O)N(C4CCC(=O)NC4=O)C6=O)C5)CC3)c3cc4c(N)noc4cc23)NC(=O)[C@H]1F. The third-order valence-electron chi connectivity index (χ3n) is 15.4. The zero-order chi connectivity index (χ0) is 45.1. The van der Waals surface area contributed by atoms with E-state index in [0.29, 0.717) is 57.4 Å². The van der Waals surface area contributed by atoms with Crippen LogP contribution in [-0.4, -0.2) is 100 Å². The van der Waals surface area contributed by atoms with Gasteiger partial charge in [-0.2, -0.15) is 0 Å².